The van der Waals surface area contributed by atoms with Crippen LogP contribution in [0, 0.1) is 12.8 Å². The smallest absolute Gasteiger partial charge is 0.156 e. The highest BCUT2D eigenvalue weighted by Crippen LogP contribution is 2.31. The second kappa shape index (κ2) is 6.66. The van der Waals surface area contributed by atoms with E-state index < -0.39 is 0 Å². The van der Waals surface area contributed by atoms with Crippen molar-refractivity contribution in [1.82, 2.24) is 5.32 Å². The van der Waals surface area contributed by atoms with Gasteiger partial charge in [-0.2, -0.15) is 0 Å². The predicted octanol–water partition coefficient (Wildman–Crippen LogP) is 3.79. The highest BCUT2D eigenvalue weighted by molar-refractivity contribution is 8.13. The van der Waals surface area contributed by atoms with Crippen LogP contribution in [0.4, 0.5) is 0 Å². The van der Waals surface area contributed by atoms with E-state index in [0.29, 0.717) is 6.04 Å². The average molecular weight is 288 g/mol. The van der Waals surface area contributed by atoms with Crippen LogP contribution >= 0.6 is 11.8 Å². The van der Waals surface area contributed by atoms with Gasteiger partial charge in [-0.05, 0) is 43.2 Å². The van der Waals surface area contributed by atoms with Crippen LogP contribution in [0.3, 0.4) is 0 Å². The first-order valence-corrected chi connectivity index (χ1v) is 8.80. The molecule has 2 aliphatic rings. The summed E-state index contributed by atoms with van der Waals surface area (Å²) in [6, 6.07) is 9.32. The normalized spacial score (nSPS) is 27.9. The number of benzene rings is 1. The van der Waals surface area contributed by atoms with Crippen LogP contribution in [0.25, 0.3) is 0 Å². The first kappa shape index (κ1) is 14.0. The molecule has 0 spiro atoms. The average Bonchev–Trinajstić information content (AvgIpc) is 2.49. The summed E-state index contributed by atoms with van der Waals surface area (Å²) in [6.45, 7) is 3.08. The molecule has 20 heavy (non-hydrogen) atoms. The molecule has 3 heteroatoms. The molecule has 0 aromatic heterocycles. The number of hydrogen-bond acceptors (Lipinski definition) is 2. The largest absolute Gasteiger partial charge is 0.362 e. The summed E-state index contributed by atoms with van der Waals surface area (Å²) in [5.41, 5.74) is 2.80. The maximum atomic E-state index is 4.78. The molecule has 3 rings (SSSR count). The Balaban J connectivity index is 1.53. The number of nitrogens with one attached hydrogen (secondary N) is 1. The molecule has 0 radical (unpaired) electrons. The van der Waals surface area contributed by atoms with E-state index in [0.717, 1.165) is 18.9 Å². The van der Waals surface area contributed by atoms with E-state index in [-0.39, 0.29) is 0 Å². The molecule has 1 aromatic rings. The molecule has 1 saturated heterocycles. The quantitative estimate of drug-likeness (QED) is 0.915. The maximum Gasteiger partial charge on any atom is 0.156 e. The summed E-state index contributed by atoms with van der Waals surface area (Å²) in [5, 5.41) is 4.85. The van der Waals surface area contributed by atoms with Crippen molar-refractivity contribution in [2.75, 3.05) is 12.3 Å². The summed E-state index contributed by atoms with van der Waals surface area (Å²) in [7, 11) is 0. The highest BCUT2D eigenvalue weighted by atomic mass is 32.2. The Morgan fingerprint density at radius 1 is 1.25 bits per heavy atom. The van der Waals surface area contributed by atoms with Crippen molar-refractivity contribution < 1.29 is 0 Å². The number of amidine groups is 1. The first-order chi connectivity index (χ1) is 9.83. The first-order valence-electron chi connectivity index (χ1n) is 7.81. The molecule has 2 unspecified atom stereocenters. The topological polar surface area (TPSA) is 24.4 Å². The van der Waals surface area contributed by atoms with Crippen LogP contribution in [-0.4, -0.2) is 23.5 Å². The Bertz CT molecular complexity index is 484. The number of aryl methyl sites for hydroxylation is 1. The summed E-state index contributed by atoms with van der Waals surface area (Å²) in [6.07, 6.45) is 6.59. The number of fused-ring (bicyclic) bond motifs is 1. The fourth-order valence-electron chi connectivity index (χ4n) is 3.24. The van der Waals surface area contributed by atoms with Gasteiger partial charge >= 0.3 is 0 Å². The summed E-state index contributed by atoms with van der Waals surface area (Å²) in [4.78, 5) is 4.78. The summed E-state index contributed by atoms with van der Waals surface area (Å²) in [5.74, 6) is 2.14. The Hall–Kier alpha value is -0.960. The molecule has 1 N–H and O–H groups in total. The molecule has 1 saturated carbocycles. The van der Waals surface area contributed by atoms with Gasteiger partial charge in [0.1, 0.15) is 0 Å². The minimum absolute atomic E-state index is 0.696. The van der Waals surface area contributed by atoms with Gasteiger partial charge in [0.25, 0.3) is 0 Å². The lowest BCUT2D eigenvalue weighted by atomic mass is 9.86. The SMILES string of the molecule is Cc1ccccc1CCN=C1NC2CCCCC2CS1. The van der Waals surface area contributed by atoms with Crippen molar-refractivity contribution in [2.24, 2.45) is 10.9 Å². The van der Waals surface area contributed by atoms with Crippen molar-refractivity contribution in [2.45, 2.75) is 45.1 Å². The molecule has 0 bridgehead atoms. The minimum Gasteiger partial charge on any atom is -0.362 e. The Morgan fingerprint density at radius 2 is 2.10 bits per heavy atom. The summed E-state index contributed by atoms with van der Waals surface area (Å²) < 4.78 is 0. The molecular formula is C17H24N2S. The minimum atomic E-state index is 0.696. The van der Waals surface area contributed by atoms with E-state index in [4.69, 9.17) is 4.99 Å². The third-order valence-electron chi connectivity index (χ3n) is 4.55. The molecule has 2 fully saturated rings. The van der Waals surface area contributed by atoms with Gasteiger partial charge in [0, 0.05) is 18.3 Å². The second-order valence-corrected chi connectivity index (χ2v) is 6.98. The van der Waals surface area contributed by atoms with Gasteiger partial charge in [0.15, 0.2) is 5.17 Å². The van der Waals surface area contributed by atoms with Crippen LogP contribution in [-0.2, 0) is 6.42 Å². The Morgan fingerprint density at radius 3 is 3.00 bits per heavy atom. The van der Waals surface area contributed by atoms with Crippen LogP contribution in [0.15, 0.2) is 29.3 Å². The van der Waals surface area contributed by atoms with Crippen molar-refractivity contribution in [1.29, 1.82) is 0 Å². The number of rotatable bonds is 3. The fourth-order valence-corrected chi connectivity index (χ4v) is 4.43. The number of aliphatic imine (C=N–C) groups is 1. The fraction of sp³-hybridized carbons (Fsp3) is 0.588. The Kier molecular flexibility index (Phi) is 4.66. The molecule has 1 aromatic carbocycles. The predicted molar refractivity (Wildman–Crippen MR) is 88.5 cm³/mol. The lowest BCUT2D eigenvalue weighted by Gasteiger charge is -2.36. The lowest BCUT2D eigenvalue weighted by molar-refractivity contribution is 0.311. The zero-order valence-electron chi connectivity index (χ0n) is 12.3. The van der Waals surface area contributed by atoms with Crippen molar-refractivity contribution >= 4 is 16.9 Å². The molecule has 1 aliphatic carbocycles. The Labute approximate surface area is 126 Å². The zero-order valence-corrected chi connectivity index (χ0v) is 13.1. The van der Waals surface area contributed by atoms with Crippen LogP contribution in [0.1, 0.15) is 36.8 Å². The molecule has 1 heterocycles. The van der Waals surface area contributed by atoms with Crippen LogP contribution in [0.5, 0.6) is 0 Å². The summed E-state index contributed by atoms with van der Waals surface area (Å²) >= 11 is 1.93. The van der Waals surface area contributed by atoms with E-state index >= 15 is 0 Å². The van der Waals surface area contributed by atoms with E-state index in [1.165, 1.54) is 47.7 Å². The van der Waals surface area contributed by atoms with Gasteiger partial charge in [0.05, 0.1) is 0 Å². The van der Waals surface area contributed by atoms with Gasteiger partial charge in [-0.1, -0.05) is 48.9 Å². The molecule has 1 aliphatic heterocycles. The zero-order chi connectivity index (χ0) is 13.8. The molecule has 0 amide bonds. The number of hydrogen-bond donors (Lipinski definition) is 1. The number of thioether (sulfide) groups is 1. The highest BCUT2D eigenvalue weighted by Gasteiger charge is 2.29. The molecule has 108 valence electrons. The maximum absolute atomic E-state index is 4.78. The van der Waals surface area contributed by atoms with E-state index in [9.17, 15) is 0 Å². The van der Waals surface area contributed by atoms with Crippen molar-refractivity contribution in [3.63, 3.8) is 0 Å². The van der Waals surface area contributed by atoms with E-state index in [2.05, 4.69) is 36.5 Å². The third kappa shape index (κ3) is 3.38. The lowest BCUT2D eigenvalue weighted by Crippen LogP contribution is -2.46. The van der Waals surface area contributed by atoms with Gasteiger partial charge < -0.3 is 5.32 Å². The number of nitrogens with zero attached hydrogens (tertiary/aromatic N) is 1. The van der Waals surface area contributed by atoms with Gasteiger partial charge in [-0.3, -0.25) is 4.99 Å². The second-order valence-electron chi connectivity index (χ2n) is 5.97. The van der Waals surface area contributed by atoms with Gasteiger partial charge in [-0.15, -0.1) is 0 Å². The van der Waals surface area contributed by atoms with Crippen molar-refractivity contribution in [3.8, 4) is 0 Å². The van der Waals surface area contributed by atoms with E-state index in [1.54, 1.807) is 0 Å². The van der Waals surface area contributed by atoms with E-state index in [1.807, 2.05) is 11.8 Å². The monoisotopic (exact) mass is 288 g/mol. The molecule has 2 nitrogen and oxygen atoms in total. The standard InChI is InChI=1S/C17H24N2S/c1-13-6-2-3-7-14(13)10-11-18-17-19-16-9-5-4-8-15(16)12-20-17/h2-3,6-7,15-16H,4-5,8-12H2,1H3,(H,18,19). The van der Waals surface area contributed by atoms with Crippen LogP contribution < -0.4 is 5.32 Å². The molecule has 2 atom stereocenters. The van der Waals surface area contributed by atoms with Gasteiger partial charge in [0.2, 0.25) is 0 Å². The third-order valence-corrected chi connectivity index (χ3v) is 5.67. The van der Waals surface area contributed by atoms with Crippen LogP contribution in [0.2, 0.25) is 0 Å². The molecular weight excluding hydrogens is 264 g/mol. The van der Waals surface area contributed by atoms with Gasteiger partial charge in [-0.25, -0.2) is 0 Å². The van der Waals surface area contributed by atoms with Crippen molar-refractivity contribution in [3.05, 3.63) is 35.4 Å².